The number of anilines is 1. The van der Waals surface area contributed by atoms with Crippen LogP contribution in [0.15, 0.2) is 77.7 Å². The van der Waals surface area contributed by atoms with Gasteiger partial charge in [0.1, 0.15) is 12.2 Å². The normalized spacial score (nSPS) is 10.3. The molecule has 0 aliphatic carbocycles. The summed E-state index contributed by atoms with van der Waals surface area (Å²) in [6.45, 7) is 1.65. The van der Waals surface area contributed by atoms with Gasteiger partial charge in [0.05, 0.1) is 11.1 Å². The molecule has 1 amide bonds. The minimum atomic E-state index is -0.339. The molecule has 0 unspecified atom stereocenters. The van der Waals surface area contributed by atoms with Crippen molar-refractivity contribution in [1.82, 2.24) is 14.8 Å². The molecule has 4 aromatic rings. The number of carbonyl (C=O) groups excluding carboxylic acids is 1. The first kappa shape index (κ1) is 19.1. The molecule has 2 heterocycles. The number of amides is 1. The highest BCUT2D eigenvalue weighted by Gasteiger charge is 2.11. The molecule has 1 N–H and O–H groups in total. The summed E-state index contributed by atoms with van der Waals surface area (Å²) >= 11 is 0. The molecule has 0 radical (unpaired) electrons. The van der Waals surface area contributed by atoms with Crippen LogP contribution in [0.1, 0.15) is 17.0 Å². The maximum absolute atomic E-state index is 12.6. The molecule has 0 saturated carbocycles. The van der Waals surface area contributed by atoms with Gasteiger partial charge in [-0.15, -0.1) is 0 Å². The maximum atomic E-state index is 12.6. The summed E-state index contributed by atoms with van der Waals surface area (Å²) < 4.78 is 1.19. The number of nitrogens with one attached hydrogen (secondary N) is 1. The van der Waals surface area contributed by atoms with Crippen molar-refractivity contribution in [2.24, 2.45) is 0 Å². The van der Waals surface area contributed by atoms with E-state index in [1.165, 1.54) is 4.68 Å². The van der Waals surface area contributed by atoms with Gasteiger partial charge in [0.25, 0.3) is 5.56 Å². The predicted molar refractivity (Wildman–Crippen MR) is 116 cm³/mol. The van der Waals surface area contributed by atoms with Crippen LogP contribution in [-0.4, -0.2) is 20.7 Å². The van der Waals surface area contributed by atoms with E-state index in [2.05, 4.69) is 27.2 Å². The fourth-order valence-electron chi connectivity index (χ4n) is 3.10. The third-order valence-corrected chi connectivity index (χ3v) is 4.49. The number of benzene rings is 2. The lowest BCUT2D eigenvalue weighted by atomic mass is 10.1. The minimum absolute atomic E-state index is 0.172. The highest BCUT2D eigenvalue weighted by Crippen LogP contribution is 2.13. The van der Waals surface area contributed by atoms with Crippen LogP contribution in [0.4, 0.5) is 5.69 Å². The zero-order valence-electron chi connectivity index (χ0n) is 16.3. The van der Waals surface area contributed by atoms with Crippen molar-refractivity contribution in [3.63, 3.8) is 0 Å². The fourth-order valence-corrected chi connectivity index (χ4v) is 3.10. The van der Waals surface area contributed by atoms with Crippen molar-refractivity contribution in [1.29, 1.82) is 0 Å². The number of hydrogen-bond donors (Lipinski definition) is 1. The summed E-state index contributed by atoms with van der Waals surface area (Å²) in [6.07, 6.45) is 1.69. The molecular formula is C24H18N4O2. The predicted octanol–water partition coefficient (Wildman–Crippen LogP) is 3.14. The zero-order chi connectivity index (χ0) is 20.9. The summed E-state index contributed by atoms with van der Waals surface area (Å²) in [4.78, 5) is 29.3. The number of nitrogens with zero attached hydrogens (tertiary/aromatic N) is 3. The van der Waals surface area contributed by atoms with Crippen LogP contribution in [0.25, 0.3) is 10.8 Å². The Kier molecular flexibility index (Phi) is 5.35. The molecule has 0 bridgehead atoms. The van der Waals surface area contributed by atoms with Crippen LogP contribution < -0.4 is 10.9 Å². The molecule has 0 spiro atoms. The monoisotopic (exact) mass is 394 g/mol. The minimum Gasteiger partial charge on any atom is -0.324 e. The molecule has 4 rings (SSSR count). The van der Waals surface area contributed by atoms with E-state index < -0.39 is 0 Å². The molecule has 0 atom stereocenters. The van der Waals surface area contributed by atoms with Crippen molar-refractivity contribution in [3.05, 3.63) is 100 Å². The number of aryl methyl sites for hydroxylation is 1. The van der Waals surface area contributed by atoms with Gasteiger partial charge in [0.2, 0.25) is 5.91 Å². The number of rotatable bonds is 3. The first-order chi connectivity index (χ1) is 14.6. The molecule has 2 aromatic carbocycles. The Bertz CT molecular complexity index is 1350. The fraction of sp³-hybridized carbons (Fsp3) is 0.0833. The maximum Gasteiger partial charge on any atom is 0.275 e. The average molecular weight is 394 g/mol. The standard InChI is InChI=1S/C24H18N4O2/c1-17-21-10-2-3-11-22(21)24(30)28(27-17)16-23(29)26-20-9-6-7-18(15-20)12-13-19-8-4-5-14-25-19/h2-11,14-15H,16H2,1H3,(H,26,29). The lowest BCUT2D eigenvalue weighted by molar-refractivity contribution is -0.117. The van der Waals surface area contributed by atoms with Crippen molar-refractivity contribution in [2.75, 3.05) is 5.32 Å². The van der Waals surface area contributed by atoms with Crippen molar-refractivity contribution < 1.29 is 4.79 Å². The Labute approximate surface area is 173 Å². The molecule has 0 aliphatic rings. The number of hydrogen-bond acceptors (Lipinski definition) is 4. The van der Waals surface area contributed by atoms with Gasteiger partial charge >= 0.3 is 0 Å². The molecule has 30 heavy (non-hydrogen) atoms. The average Bonchev–Trinajstić information content (AvgIpc) is 2.77. The molecule has 2 aromatic heterocycles. The van der Waals surface area contributed by atoms with Gasteiger partial charge in [-0.2, -0.15) is 5.10 Å². The van der Waals surface area contributed by atoms with Crippen LogP contribution in [0, 0.1) is 18.8 Å². The molecule has 146 valence electrons. The van der Waals surface area contributed by atoms with E-state index in [1.807, 2.05) is 49.4 Å². The summed E-state index contributed by atoms with van der Waals surface area (Å²) in [5, 5.41) is 8.41. The van der Waals surface area contributed by atoms with Crippen LogP contribution in [-0.2, 0) is 11.3 Å². The summed E-state index contributed by atoms with van der Waals surface area (Å²) in [5.41, 5.74) is 2.42. The Balaban J connectivity index is 1.51. The first-order valence-corrected chi connectivity index (χ1v) is 9.39. The second kappa shape index (κ2) is 8.41. The number of aromatic nitrogens is 3. The first-order valence-electron chi connectivity index (χ1n) is 9.39. The second-order valence-electron chi connectivity index (χ2n) is 6.69. The van der Waals surface area contributed by atoms with E-state index in [-0.39, 0.29) is 18.0 Å². The largest absolute Gasteiger partial charge is 0.324 e. The van der Waals surface area contributed by atoms with E-state index >= 15 is 0 Å². The Morgan fingerprint density at radius 1 is 1.00 bits per heavy atom. The zero-order valence-corrected chi connectivity index (χ0v) is 16.3. The third kappa shape index (κ3) is 4.26. The van der Waals surface area contributed by atoms with E-state index in [0.717, 1.165) is 10.9 Å². The van der Waals surface area contributed by atoms with Crippen LogP contribution >= 0.6 is 0 Å². The van der Waals surface area contributed by atoms with Gasteiger partial charge in [-0.25, -0.2) is 9.67 Å². The molecule has 6 heteroatoms. The third-order valence-electron chi connectivity index (χ3n) is 4.49. The Morgan fingerprint density at radius 2 is 1.80 bits per heavy atom. The van der Waals surface area contributed by atoms with Gasteiger partial charge in [-0.3, -0.25) is 9.59 Å². The highest BCUT2D eigenvalue weighted by atomic mass is 16.2. The van der Waals surface area contributed by atoms with Gasteiger partial charge in [-0.1, -0.05) is 36.3 Å². The van der Waals surface area contributed by atoms with Crippen molar-refractivity contribution in [3.8, 4) is 11.8 Å². The van der Waals surface area contributed by atoms with Gasteiger partial charge < -0.3 is 5.32 Å². The molecule has 0 fully saturated rings. The lowest BCUT2D eigenvalue weighted by Gasteiger charge is -2.09. The lowest BCUT2D eigenvalue weighted by Crippen LogP contribution is -2.30. The Morgan fingerprint density at radius 3 is 2.60 bits per heavy atom. The Hall–Kier alpha value is -4.24. The number of fused-ring (bicyclic) bond motifs is 1. The van der Waals surface area contributed by atoms with Crippen molar-refractivity contribution >= 4 is 22.4 Å². The number of pyridine rings is 1. The topological polar surface area (TPSA) is 76.9 Å². The quantitative estimate of drug-likeness (QED) is 0.542. The van der Waals surface area contributed by atoms with E-state index in [1.54, 1.807) is 30.5 Å². The SMILES string of the molecule is Cc1nn(CC(=O)Nc2cccc(C#Cc3ccccn3)c2)c(=O)c2ccccc12. The molecule has 6 nitrogen and oxygen atoms in total. The molecule has 0 saturated heterocycles. The van der Waals surface area contributed by atoms with Gasteiger partial charge in [0.15, 0.2) is 0 Å². The summed E-state index contributed by atoms with van der Waals surface area (Å²) in [5.74, 6) is 5.67. The van der Waals surface area contributed by atoms with Gasteiger partial charge in [0, 0.05) is 22.8 Å². The summed E-state index contributed by atoms with van der Waals surface area (Å²) in [6, 6.07) is 20.0. The van der Waals surface area contributed by atoms with Crippen LogP contribution in [0.2, 0.25) is 0 Å². The van der Waals surface area contributed by atoms with Crippen molar-refractivity contribution in [2.45, 2.75) is 13.5 Å². The summed E-state index contributed by atoms with van der Waals surface area (Å²) in [7, 11) is 0. The molecule has 0 aliphatic heterocycles. The van der Waals surface area contributed by atoms with Crippen LogP contribution in [0.5, 0.6) is 0 Å². The van der Waals surface area contributed by atoms with E-state index in [0.29, 0.717) is 22.5 Å². The second-order valence-corrected chi connectivity index (χ2v) is 6.69. The van der Waals surface area contributed by atoms with E-state index in [9.17, 15) is 9.59 Å². The molecular weight excluding hydrogens is 376 g/mol. The van der Waals surface area contributed by atoms with Crippen LogP contribution in [0.3, 0.4) is 0 Å². The smallest absolute Gasteiger partial charge is 0.275 e. The van der Waals surface area contributed by atoms with E-state index in [4.69, 9.17) is 0 Å². The number of carbonyl (C=O) groups is 1. The highest BCUT2D eigenvalue weighted by molar-refractivity contribution is 5.91. The van der Waals surface area contributed by atoms with Gasteiger partial charge in [-0.05, 0) is 49.2 Å².